The number of nitrogens with zero attached hydrogens (tertiary/aromatic N) is 1. The Morgan fingerprint density at radius 2 is 2.11 bits per heavy atom. The average molecular weight is 309 g/mol. The lowest BCUT2D eigenvalue weighted by atomic mass is 10.0. The fourth-order valence-electron chi connectivity index (χ4n) is 2.70. The largest absolute Gasteiger partial charge is 0.359 e. The van der Waals surface area contributed by atoms with E-state index in [1.54, 1.807) is 0 Å². The number of rotatable bonds is 1. The molecule has 1 N–H and O–H groups in total. The van der Waals surface area contributed by atoms with Crippen LogP contribution in [0.25, 0.3) is 0 Å². The number of hydrogen-bond donors (Lipinski definition) is 1. The third kappa shape index (κ3) is 1.92. The number of nitrogens with one attached hydrogen (secondary N) is 1. The summed E-state index contributed by atoms with van der Waals surface area (Å²) in [5.74, 6) is -0.325. The van der Waals surface area contributed by atoms with Crippen LogP contribution in [0.3, 0.4) is 0 Å². The maximum atomic E-state index is 11.9. The van der Waals surface area contributed by atoms with Gasteiger partial charge in [0.2, 0.25) is 11.8 Å². The van der Waals surface area contributed by atoms with Crippen molar-refractivity contribution in [2.45, 2.75) is 25.3 Å². The summed E-state index contributed by atoms with van der Waals surface area (Å²) in [4.78, 5) is 25.2. The van der Waals surface area contributed by atoms with Crippen LogP contribution in [0.4, 0.5) is 5.69 Å². The van der Waals surface area contributed by atoms with Gasteiger partial charge in [-0.05, 0) is 36.6 Å². The minimum Gasteiger partial charge on any atom is -0.359 e. The van der Waals surface area contributed by atoms with Gasteiger partial charge in [-0.1, -0.05) is 15.9 Å². The van der Waals surface area contributed by atoms with Crippen LogP contribution in [-0.4, -0.2) is 24.4 Å². The van der Waals surface area contributed by atoms with Gasteiger partial charge >= 0.3 is 0 Å². The van der Waals surface area contributed by atoms with Crippen LogP contribution >= 0.6 is 15.9 Å². The molecular weight excluding hydrogens is 296 g/mol. The molecule has 4 nitrogen and oxygen atoms in total. The summed E-state index contributed by atoms with van der Waals surface area (Å²) in [6.45, 7) is 0.845. The summed E-state index contributed by atoms with van der Waals surface area (Å²) in [5.41, 5.74) is 2.38. The lowest BCUT2D eigenvalue weighted by Gasteiger charge is -2.31. The van der Waals surface area contributed by atoms with Gasteiger partial charge < -0.3 is 4.90 Å². The van der Waals surface area contributed by atoms with Crippen LogP contribution in [0.15, 0.2) is 22.7 Å². The van der Waals surface area contributed by atoms with Crippen molar-refractivity contribution < 1.29 is 9.59 Å². The second-order valence-electron chi connectivity index (χ2n) is 4.68. The fourth-order valence-corrected chi connectivity index (χ4v) is 3.11. The van der Waals surface area contributed by atoms with Crippen molar-refractivity contribution in [3.63, 3.8) is 0 Å². The third-order valence-electron chi connectivity index (χ3n) is 3.56. The van der Waals surface area contributed by atoms with Gasteiger partial charge in [-0.15, -0.1) is 0 Å². The molecule has 5 heteroatoms. The molecule has 0 spiro atoms. The number of carbonyl (C=O) groups excluding carboxylic acids is 2. The Hall–Kier alpha value is -1.36. The molecule has 1 aromatic carbocycles. The zero-order valence-electron chi connectivity index (χ0n) is 9.78. The van der Waals surface area contributed by atoms with E-state index in [0.29, 0.717) is 12.8 Å². The van der Waals surface area contributed by atoms with Crippen molar-refractivity contribution >= 4 is 33.4 Å². The Bertz CT molecular complexity index is 530. The maximum Gasteiger partial charge on any atom is 0.249 e. The molecule has 3 rings (SSSR count). The number of imide groups is 1. The zero-order valence-corrected chi connectivity index (χ0v) is 11.4. The number of fused-ring (bicyclic) bond motifs is 1. The molecule has 1 aromatic rings. The van der Waals surface area contributed by atoms with E-state index >= 15 is 0 Å². The van der Waals surface area contributed by atoms with Gasteiger partial charge in [0.1, 0.15) is 6.04 Å². The Morgan fingerprint density at radius 3 is 2.89 bits per heavy atom. The molecule has 2 aliphatic heterocycles. The van der Waals surface area contributed by atoms with E-state index in [4.69, 9.17) is 0 Å². The molecule has 2 heterocycles. The van der Waals surface area contributed by atoms with Gasteiger partial charge in [0, 0.05) is 23.1 Å². The van der Waals surface area contributed by atoms with Crippen molar-refractivity contribution in [3.8, 4) is 0 Å². The van der Waals surface area contributed by atoms with E-state index in [2.05, 4.69) is 32.2 Å². The molecule has 1 saturated heterocycles. The summed E-state index contributed by atoms with van der Waals surface area (Å²) < 4.78 is 1.06. The highest BCUT2D eigenvalue weighted by atomic mass is 79.9. The van der Waals surface area contributed by atoms with Gasteiger partial charge in [0.05, 0.1) is 0 Å². The molecule has 0 saturated carbocycles. The van der Waals surface area contributed by atoms with E-state index in [0.717, 1.165) is 23.1 Å². The minimum absolute atomic E-state index is 0.161. The third-order valence-corrected chi connectivity index (χ3v) is 4.05. The molecule has 1 atom stereocenters. The molecule has 94 valence electrons. The van der Waals surface area contributed by atoms with E-state index in [1.165, 1.54) is 5.56 Å². The molecule has 0 aliphatic carbocycles. The van der Waals surface area contributed by atoms with Crippen LogP contribution in [0, 0.1) is 0 Å². The van der Waals surface area contributed by atoms with Crippen molar-refractivity contribution in [2.75, 3.05) is 11.4 Å². The molecule has 2 amide bonds. The van der Waals surface area contributed by atoms with Gasteiger partial charge in [-0.3, -0.25) is 14.9 Å². The first kappa shape index (κ1) is 11.7. The van der Waals surface area contributed by atoms with Crippen LogP contribution < -0.4 is 10.2 Å². The molecule has 1 fully saturated rings. The normalized spacial score (nSPS) is 22.9. The molecule has 0 aromatic heterocycles. The van der Waals surface area contributed by atoms with Crippen LogP contribution in [0.1, 0.15) is 18.4 Å². The highest BCUT2D eigenvalue weighted by Gasteiger charge is 2.34. The smallest absolute Gasteiger partial charge is 0.249 e. The summed E-state index contributed by atoms with van der Waals surface area (Å²) in [6.07, 6.45) is 1.99. The second-order valence-corrected chi connectivity index (χ2v) is 5.60. The van der Waals surface area contributed by atoms with Crippen LogP contribution in [0.2, 0.25) is 0 Å². The van der Waals surface area contributed by atoms with Gasteiger partial charge in [0.15, 0.2) is 0 Å². The second kappa shape index (κ2) is 4.39. The molecule has 0 bridgehead atoms. The molecule has 2 aliphatic rings. The van der Waals surface area contributed by atoms with Crippen LogP contribution in [0.5, 0.6) is 0 Å². The first-order valence-electron chi connectivity index (χ1n) is 6.04. The van der Waals surface area contributed by atoms with Crippen molar-refractivity contribution in [3.05, 3.63) is 28.2 Å². The Morgan fingerprint density at radius 1 is 1.28 bits per heavy atom. The lowest BCUT2D eigenvalue weighted by molar-refractivity contribution is -0.134. The summed E-state index contributed by atoms with van der Waals surface area (Å²) in [6, 6.07) is 5.92. The van der Waals surface area contributed by atoms with Crippen molar-refractivity contribution in [1.82, 2.24) is 5.32 Å². The summed E-state index contributed by atoms with van der Waals surface area (Å²) in [7, 11) is 0. The predicted molar refractivity (Wildman–Crippen MR) is 71.4 cm³/mol. The van der Waals surface area contributed by atoms with Gasteiger partial charge in [-0.2, -0.15) is 0 Å². The Kier molecular flexibility index (Phi) is 2.86. The zero-order chi connectivity index (χ0) is 12.7. The SMILES string of the molecule is O=C1CCC(N2CCc3cc(Br)ccc32)C(=O)N1. The summed E-state index contributed by atoms with van der Waals surface area (Å²) in [5, 5.41) is 2.42. The van der Waals surface area contributed by atoms with E-state index in [1.807, 2.05) is 12.1 Å². The highest BCUT2D eigenvalue weighted by Crippen LogP contribution is 2.33. The fraction of sp³-hybridized carbons (Fsp3) is 0.385. The minimum atomic E-state index is -0.204. The molecular formula is C13H13BrN2O2. The van der Waals surface area contributed by atoms with Crippen molar-refractivity contribution in [1.29, 1.82) is 0 Å². The average Bonchev–Trinajstić information content (AvgIpc) is 2.72. The first-order valence-corrected chi connectivity index (χ1v) is 6.83. The monoisotopic (exact) mass is 308 g/mol. The van der Waals surface area contributed by atoms with Gasteiger partial charge in [0.25, 0.3) is 0 Å². The number of amides is 2. The van der Waals surface area contributed by atoms with E-state index in [9.17, 15) is 9.59 Å². The van der Waals surface area contributed by atoms with E-state index < -0.39 is 0 Å². The molecule has 0 radical (unpaired) electrons. The lowest BCUT2D eigenvalue weighted by Crippen LogP contribution is -2.52. The molecule has 1 unspecified atom stereocenters. The first-order chi connectivity index (χ1) is 8.65. The topological polar surface area (TPSA) is 49.4 Å². The van der Waals surface area contributed by atoms with E-state index in [-0.39, 0.29) is 17.9 Å². The highest BCUT2D eigenvalue weighted by molar-refractivity contribution is 9.10. The standard InChI is InChI=1S/C13H13BrN2O2/c14-9-1-2-10-8(7-9)5-6-16(10)11-3-4-12(17)15-13(11)18/h1-2,7,11H,3-6H2,(H,15,17,18). The number of anilines is 1. The van der Waals surface area contributed by atoms with Gasteiger partial charge in [-0.25, -0.2) is 0 Å². The number of benzene rings is 1. The number of piperidine rings is 1. The Balaban J connectivity index is 1.88. The number of halogens is 1. The number of hydrogen-bond acceptors (Lipinski definition) is 3. The number of carbonyl (C=O) groups is 2. The summed E-state index contributed by atoms with van der Waals surface area (Å²) >= 11 is 3.46. The quantitative estimate of drug-likeness (QED) is 0.802. The molecule has 18 heavy (non-hydrogen) atoms. The Labute approximate surface area is 113 Å². The van der Waals surface area contributed by atoms with Crippen molar-refractivity contribution in [2.24, 2.45) is 0 Å². The predicted octanol–water partition coefficient (Wildman–Crippen LogP) is 1.62. The maximum absolute atomic E-state index is 11.9. The van der Waals surface area contributed by atoms with Crippen LogP contribution in [-0.2, 0) is 16.0 Å².